The Labute approximate surface area is 280 Å². The quantitative estimate of drug-likeness (QED) is 0.182. The molecule has 3 heteroatoms. The molecule has 9 rings (SSSR count). The highest BCUT2D eigenvalue weighted by molar-refractivity contribution is 7.20. The molecule has 0 saturated carbocycles. The second kappa shape index (κ2) is 11.2. The van der Waals surface area contributed by atoms with E-state index in [4.69, 9.17) is 0 Å². The molecule has 0 fully saturated rings. The van der Waals surface area contributed by atoms with Gasteiger partial charge in [-0.25, -0.2) is 0 Å². The summed E-state index contributed by atoms with van der Waals surface area (Å²) in [4.78, 5) is 4.92. The normalized spacial score (nSPS) is 12.3. The van der Waals surface area contributed by atoms with Gasteiger partial charge in [-0.1, -0.05) is 108 Å². The zero-order chi connectivity index (χ0) is 31.5. The summed E-state index contributed by atoms with van der Waals surface area (Å²) in [5.74, 6) is 0. The van der Waals surface area contributed by atoms with Crippen molar-refractivity contribution >= 4 is 44.1 Å². The smallest absolute Gasteiger partial charge is 0.105 e. The fourth-order valence-electron chi connectivity index (χ4n) is 7.45. The van der Waals surface area contributed by atoms with Crippen LogP contribution in [0.3, 0.4) is 0 Å². The molecule has 0 amide bonds. The van der Waals surface area contributed by atoms with Gasteiger partial charge in [0, 0.05) is 22.7 Å². The number of nitrogens with zero attached hydrogens (tertiary/aromatic N) is 2. The van der Waals surface area contributed by atoms with Crippen molar-refractivity contribution in [2.75, 3.05) is 9.80 Å². The van der Waals surface area contributed by atoms with E-state index in [0.29, 0.717) is 0 Å². The van der Waals surface area contributed by atoms with E-state index in [9.17, 15) is 0 Å². The summed E-state index contributed by atoms with van der Waals surface area (Å²) >= 11 is 1.87. The number of rotatable bonds is 6. The van der Waals surface area contributed by atoms with E-state index in [-0.39, 0.29) is 0 Å². The van der Waals surface area contributed by atoms with Crippen LogP contribution in [-0.2, 0) is 12.8 Å². The van der Waals surface area contributed by atoms with Crippen LogP contribution in [0.25, 0.3) is 22.3 Å². The van der Waals surface area contributed by atoms with Crippen LogP contribution in [0.5, 0.6) is 0 Å². The predicted molar refractivity (Wildman–Crippen MR) is 200 cm³/mol. The molecule has 7 aromatic rings. The molecule has 0 saturated heterocycles. The van der Waals surface area contributed by atoms with E-state index in [0.717, 1.165) is 12.8 Å². The Morgan fingerprint density at radius 1 is 0.383 bits per heavy atom. The van der Waals surface area contributed by atoms with Gasteiger partial charge < -0.3 is 9.80 Å². The van der Waals surface area contributed by atoms with Crippen molar-refractivity contribution in [3.63, 3.8) is 0 Å². The van der Waals surface area contributed by atoms with E-state index in [2.05, 4.69) is 169 Å². The number of thiophene rings is 1. The van der Waals surface area contributed by atoms with Gasteiger partial charge >= 0.3 is 0 Å². The van der Waals surface area contributed by atoms with Crippen molar-refractivity contribution in [3.8, 4) is 22.3 Å². The summed E-state index contributed by atoms with van der Waals surface area (Å²) in [7, 11) is 0. The summed E-state index contributed by atoms with van der Waals surface area (Å²) in [5, 5.41) is 2.49. The fraction of sp³-hybridized carbons (Fsp3) is 0.0909. The van der Waals surface area contributed by atoms with Crippen LogP contribution in [0.15, 0.2) is 146 Å². The summed E-state index contributed by atoms with van der Waals surface area (Å²) in [6.07, 6.45) is 1.94. The zero-order valence-corrected chi connectivity index (χ0v) is 27.4. The third-order valence-corrected chi connectivity index (χ3v) is 11.3. The molecule has 0 spiro atoms. The van der Waals surface area contributed by atoms with Gasteiger partial charge in [-0.3, -0.25) is 0 Å². The van der Waals surface area contributed by atoms with E-state index in [1.807, 2.05) is 11.3 Å². The predicted octanol–water partition coefficient (Wildman–Crippen LogP) is 12.4. The van der Waals surface area contributed by atoms with Crippen LogP contribution in [0.4, 0.5) is 32.8 Å². The lowest BCUT2D eigenvalue weighted by Gasteiger charge is -2.26. The lowest BCUT2D eigenvalue weighted by Crippen LogP contribution is -2.10. The SMILES string of the molecule is Cc1c(N(c2ccccc2)c2ccc3c(c2)Cc2ccccc2-3)sc(N(c2ccccc2)c2ccc3c(c2)Cc2ccccc2-3)c1C. The van der Waals surface area contributed by atoms with Crippen molar-refractivity contribution < 1.29 is 0 Å². The molecule has 2 aliphatic rings. The first-order valence-corrected chi connectivity index (χ1v) is 17.2. The van der Waals surface area contributed by atoms with Gasteiger partial charge in [-0.2, -0.15) is 0 Å². The first kappa shape index (κ1) is 27.9. The molecule has 0 N–H and O–H groups in total. The highest BCUT2D eigenvalue weighted by Crippen LogP contribution is 2.52. The van der Waals surface area contributed by atoms with Crippen LogP contribution in [0.1, 0.15) is 33.4 Å². The highest BCUT2D eigenvalue weighted by atomic mass is 32.1. The van der Waals surface area contributed by atoms with Gasteiger partial charge in [-0.15, -0.1) is 0 Å². The lowest BCUT2D eigenvalue weighted by atomic mass is 10.0. The number of benzene rings is 6. The molecule has 47 heavy (non-hydrogen) atoms. The van der Waals surface area contributed by atoms with Gasteiger partial charge in [0.25, 0.3) is 0 Å². The third-order valence-electron chi connectivity index (χ3n) is 9.90. The molecule has 0 atom stereocenters. The molecule has 2 nitrogen and oxygen atoms in total. The molecule has 0 radical (unpaired) electrons. The number of hydrogen-bond acceptors (Lipinski definition) is 3. The molecular formula is C44H34N2S. The highest BCUT2D eigenvalue weighted by Gasteiger charge is 2.27. The van der Waals surface area contributed by atoms with Crippen molar-refractivity contribution in [1.29, 1.82) is 0 Å². The second-order valence-electron chi connectivity index (χ2n) is 12.7. The van der Waals surface area contributed by atoms with E-state index >= 15 is 0 Å². The molecule has 1 aromatic heterocycles. The molecule has 1 heterocycles. The van der Waals surface area contributed by atoms with Gasteiger partial charge in [0.1, 0.15) is 10.0 Å². The van der Waals surface area contributed by atoms with E-state index < -0.39 is 0 Å². The molecule has 0 bridgehead atoms. The topological polar surface area (TPSA) is 6.48 Å². The summed E-state index contributed by atoms with van der Waals surface area (Å²) < 4.78 is 0. The first-order chi connectivity index (χ1) is 23.1. The Kier molecular flexibility index (Phi) is 6.62. The average Bonchev–Trinajstić information content (AvgIpc) is 3.77. The Bertz CT molecular complexity index is 2120. The summed E-state index contributed by atoms with van der Waals surface area (Å²) in [6.45, 7) is 4.57. The molecule has 0 aliphatic heterocycles. The minimum Gasteiger partial charge on any atom is -0.302 e. The lowest BCUT2D eigenvalue weighted by molar-refractivity contribution is 1.22. The molecule has 6 aromatic carbocycles. The van der Waals surface area contributed by atoms with Crippen LogP contribution in [-0.4, -0.2) is 0 Å². The molecular weight excluding hydrogens is 589 g/mol. The maximum absolute atomic E-state index is 2.46. The maximum Gasteiger partial charge on any atom is 0.105 e. The van der Waals surface area contributed by atoms with Crippen molar-refractivity contribution in [2.45, 2.75) is 26.7 Å². The van der Waals surface area contributed by atoms with Crippen LogP contribution >= 0.6 is 11.3 Å². The van der Waals surface area contributed by atoms with E-state index in [1.54, 1.807) is 0 Å². The number of anilines is 6. The maximum atomic E-state index is 2.46. The van der Waals surface area contributed by atoms with Crippen molar-refractivity contribution in [2.24, 2.45) is 0 Å². The standard InChI is InChI=1S/C44H34N2S/c1-29-30(2)44(46(36-17-7-4-8-18-36)38-22-24-42-34(28-38)26-32-14-10-12-20-40(32)42)47-43(29)45(35-15-5-3-6-16-35)37-21-23-41-33(27-37)25-31-13-9-11-19-39(31)41/h3-24,27-28H,25-26H2,1-2H3. The van der Waals surface area contributed by atoms with Crippen LogP contribution in [0.2, 0.25) is 0 Å². The first-order valence-electron chi connectivity index (χ1n) is 16.4. The van der Waals surface area contributed by atoms with Crippen molar-refractivity contribution in [1.82, 2.24) is 0 Å². The number of fused-ring (bicyclic) bond motifs is 6. The Balaban J connectivity index is 1.19. The average molecular weight is 623 g/mol. The molecule has 2 aliphatic carbocycles. The minimum absolute atomic E-state index is 0.972. The van der Waals surface area contributed by atoms with Gasteiger partial charge in [-0.05, 0) is 131 Å². The van der Waals surface area contributed by atoms with Gasteiger partial charge in [0.2, 0.25) is 0 Å². The van der Waals surface area contributed by atoms with Crippen molar-refractivity contribution in [3.05, 3.63) is 179 Å². The Hall–Kier alpha value is -5.38. The monoisotopic (exact) mass is 622 g/mol. The second-order valence-corrected chi connectivity index (χ2v) is 13.6. The number of hydrogen-bond donors (Lipinski definition) is 0. The third kappa shape index (κ3) is 4.61. The van der Waals surface area contributed by atoms with E-state index in [1.165, 1.54) is 88.4 Å². The number of para-hydroxylation sites is 2. The summed E-state index contributed by atoms with van der Waals surface area (Å²) in [6, 6.07) is 53.4. The largest absolute Gasteiger partial charge is 0.302 e. The molecule has 226 valence electrons. The van der Waals surface area contributed by atoms with Crippen LogP contribution < -0.4 is 9.80 Å². The fourth-order valence-corrected chi connectivity index (χ4v) is 8.85. The Morgan fingerprint density at radius 2 is 0.766 bits per heavy atom. The molecule has 0 unspecified atom stereocenters. The zero-order valence-electron chi connectivity index (χ0n) is 26.6. The summed E-state index contributed by atoms with van der Waals surface area (Å²) in [5.41, 5.74) is 18.3. The van der Waals surface area contributed by atoms with Gasteiger partial charge in [0.15, 0.2) is 0 Å². The van der Waals surface area contributed by atoms with Crippen LogP contribution in [0, 0.1) is 13.8 Å². The minimum atomic E-state index is 0.972. The Morgan fingerprint density at radius 3 is 1.21 bits per heavy atom. The van der Waals surface area contributed by atoms with Gasteiger partial charge in [0.05, 0.1) is 0 Å².